The molecular formula is C16H13ClN4O. The monoisotopic (exact) mass is 312 g/mol. The van der Waals surface area contributed by atoms with Gasteiger partial charge in [-0.05, 0) is 24.3 Å². The van der Waals surface area contributed by atoms with E-state index in [1.54, 1.807) is 24.3 Å². The summed E-state index contributed by atoms with van der Waals surface area (Å²) >= 11 is 5.80. The van der Waals surface area contributed by atoms with E-state index in [1.165, 1.54) is 0 Å². The van der Waals surface area contributed by atoms with Gasteiger partial charge in [0, 0.05) is 16.3 Å². The van der Waals surface area contributed by atoms with Crippen LogP contribution in [-0.4, -0.2) is 21.1 Å². The first-order valence-electron chi connectivity index (χ1n) is 6.73. The Morgan fingerprint density at radius 1 is 1.09 bits per heavy atom. The van der Waals surface area contributed by atoms with Crippen molar-refractivity contribution in [1.29, 1.82) is 0 Å². The van der Waals surface area contributed by atoms with Gasteiger partial charge in [-0.15, -0.1) is 0 Å². The van der Waals surface area contributed by atoms with Crippen LogP contribution in [0.1, 0.15) is 5.82 Å². The summed E-state index contributed by atoms with van der Waals surface area (Å²) in [5, 5.41) is 10.3. The molecule has 22 heavy (non-hydrogen) atoms. The van der Waals surface area contributed by atoms with Gasteiger partial charge in [0.1, 0.15) is 5.82 Å². The molecule has 0 aliphatic rings. The fraction of sp³-hybridized carbons (Fsp3) is 0.0625. The van der Waals surface area contributed by atoms with Gasteiger partial charge in [-0.3, -0.25) is 9.89 Å². The normalized spacial score (nSPS) is 10.4. The first kappa shape index (κ1) is 14.3. The number of nitrogens with zero attached hydrogens (tertiary/aromatic N) is 2. The average molecular weight is 313 g/mol. The average Bonchev–Trinajstić information content (AvgIpc) is 2.99. The Labute approximate surface area is 132 Å². The Balaban J connectivity index is 1.65. The number of halogens is 1. The Morgan fingerprint density at radius 2 is 1.82 bits per heavy atom. The maximum absolute atomic E-state index is 12.0. The maximum Gasteiger partial charge on any atom is 0.232 e. The van der Waals surface area contributed by atoms with Crippen LogP contribution in [0.5, 0.6) is 0 Å². The first-order chi connectivity index (χ1) is 10.7. The number of anilines is 1. The number of aromatic nitrogens is 3. The van der Waals surface area contributed by atoms with Crippen molar-refractivity contribution in [2.75, 3.05) is 5.32 Å². The molecule has 6 heteroatoms. The van der Waals surface area contributed by atoms with Crippen molar-refractivity contribution in [1.82, 2.24) is 15.2 Å². The van der Waals surface area contributed by atoms with Gasteiger partial charge in [-0.25, -0.2) is 4.98 Å². The van der Waals surface area contributed by atoms with Crippen LogP contribution in [0, 0.1) is 0 Å². The van der Waals surface area contributed by atoms with Gasteiger partial charge in [0.2, 0.25) is 5.91 Å². The van der Waals surface area contributed by atoms with Crippen molar-refractivity contribution in [3.63, 3.8) is 0 Å². The molecule has 0 bridgehead atoms. The summed E-state index contributed by atoms with van der Waals surface area (Å²) in [5.41, 5.74) is 1.60. The minimum absolute atomic E-state index is 0.127. The molecule has 1 aromatic heterocycles. The number of H-pyrrole nitrogens is 1. The zero-order valence-electron chi connectivity index (χ0n) is 11.6. The van der Waals surface area contributed by atoms with Crippen molar-refractivity contribution in [2.45, 2.75) is 6.42 Å². The summed E-state index contributed by atoms with van der Waals surface area (Å²) in [4.78, 5) is 16.3. The fourth-order valence-electron chi connectivity index (χ4n) is 1.98. The number of hydrogen-bond acceptors (Lipinski definition) is 3. The predicted molar refractivity (Wildman–Crippen MR) is 85.6 cm³/mol. The van der Waals surface area contributed by atoms with E-state index < -0.39 is 0 Å². The fourth-order valence-corrected chi connectivity index (χ4v) is 2.11. The van der Waals surface area contributed by atoms with E-state index in [0.29, 0.717) is 22.4 Å². The molecule has 2 aromatic carbocycles. The molecule has 1 heterocycles. The van der Waals surface area contributed by atoms with Gasteiger partial charge < -0.3 is 5.32 Å². The van der Waals surface area contributed by atoms with Crippen LogP contribution < -0.4 is 5.32 Å². The summed E-state index contributed by atoms with van der Waals surface area (Å²) < 4.78 is 0. The Morgan fingerprint density at radius 3 is 2.55 bits per heavy atom. The number of benzene rings is 2. The van der Waals surface area contributed by atoms with Crippen LogP contribution in [0.4, 0.5) is 5.69 Å². The second-order valence-corrected chi connectivity index (χ2v) is 5.14. The van der Waals surface area contributed by atoms with Crippen LogP contribution in [0.2, 0.25) is 5.02 Å². The first-order valence-corrected chi connectivity index (χ1v) is 7.10. The Kier molecular flexibility index (Phi) is 4.16. The van der Waals surface area contributed by atoms with Gasteiger partial charge in [0.05, 0.1) is 6.42 Å². The molecule has 5 nitrogen and oxygen atoms in total. The van der Waals surface area contributed by atoms with E-state index in [9.17, 15) is 4.79 Å². The second kappa shape index (κ2) is 6.41. The number of rotatable bonds is 4. The highest BCUT2D eigenvalue weighted by Crippen LogP contribution is 2.15. The van der Waals surface area contributed by atoms with Gasteiger partial charge in [0.15, 0.2) is 5.82 Å². The van der Waals surface area contributed by atoms with Crippen LogP contribution in [0.15, 0.2) is 54.6 Å². The van der Waals surface area contributed by atoms with E-state index in [-0.39, 0.29) is 12.3 Å². The van der Waals surface area contributed by atoms with E-state index >= 15 is 0 Å². The third-order valence-corrected chi connectivity index (χ3v) is 3.27. The molecule has 1 amide bonds. The van der Waals surface area contributed by atoms with Crippen LogP contribution in [0.25, 0.3) is 11.4 Å². The highest BCUT2D eigenvalue weighted by Gasteiger charge is 2.10. The van der Waals surface area contributed by atoms with Gasteiger partial charge in [0.25, 0.3) is 0 Å². The molecule has 0 saturated heterocycles. The molecule has 0 saturated carbocycles. The lowest BCUT2D eigenvalue weighted by Gasteiger charge is -2.03. The van der Waals surface area contributed by atoms with Gasteiger partial charge in [-0.2, -0.15) is 5.10 Å². The van der Waals surface area contributed by atoms with Crippen molar-refractivity contribution in [3.8, 4) is 11.4 Å². The van der Waals surface area contributed by atoms with Crippen LogP contribution in [0.3, 0.4) is 0 Å². The highest BCUT2D eigenvalue weighted by atomic mass is 35.5. The van der Waals surface area contributed by atoms with Gasteiger partial charge in [-0.1, -0.05) is 41.9 Å². The molecular weight excluding hydrogens is 300 g/mol. The Hall–Kier alpha value is -2.66. The van der Waals surface area contributed by atoms with E-state index in [0.717, 1.165) is 5.56 Å². The number of carbonyl (C=O) groups is 1. The van der Waals surface area contributed by atoms with Crippen LogP contribution in [-0.2, 0) is 11.2 Å². The molecule has 3 rings (SSSR count). The van der Waals surface area contributed by atoms with Crippen LogP contribution >= 0.6 is 11.6 Å². The molecule has 0 unspecified atom stereocenters. The molecule has 3 aromatic rings. The molecule has 0 spiro atoms. The summed E-state index contributed by atoms with van der Waals surface area (Å²) in [7, 11) is 0. The topological polar surface area (TPSA) is 70.7 Å². The van der Waals surface area contributed by atoms with Crippen molar-refractivity contribution in [2.24, 2.45) is 0 Å². The minimum Gasteiger partial charge on any atom is -0.326 e. The molecule has 0 aliphatic heterocycles. The summed E-state index contributed by atoms with van der Waals surface area (Å²) in [6.45, 7) is 0. The summed E-state index contributed by atoms with van der Waals surface area (Å²) in [6, 6.07) is 16.5. The maximum atomic E-state index is 12.0. The Bertz CT molecular complexity index is 768. The largest absolute Gasteiger partial charge is 0.326 e. The SMILES string of the molecule is O=C(Cc1nc(-c2ccccc2)n[nH]1)Nc1ccc(Cl)cc1. The van der Waals surface area contributed by atoms with E-state index in [2.05, 4.69) is 20.5 Å². The lowest BCUT2D eigenvalue weighted by atomic mass is 10.2. The summed E-state index contributed by atoms with van der Waals surface area (Å²) in [6.07, 6.45) is 0.127. The van der Waals surface area contributed by atoms with Crippen molar-refractivity contribution in [3.05, 3.63) is 65.4 Å². The van der Waals surface area contributed by atoms with E-state index in [4.69, 9.17) is 11.6 Å². The predicted octanol–water partition coefficient (Wildman–Crippen LogP) is 3.31. The molecule has 2 N–H and O–H groups in total. The third kappa shape index (κ3) is 3.51. The molecule has 0 radical (unpaired) electrons. The number of amides is 1. The number of carbonyl (C=O) groups excluding carboxylic acids is 1. The second-order valence-electron chi connectivity index (χ2n) is 4.70. The highest BCUT2D eigenvalue weighted by molar-refractivity contribution is 6.30. The number of hydrogen-bond donors (Lipinski definition) is 2. The minimum atomic E-state index is -0.168. The van der Waals surface area contributed by atoms with Crippen molar-refractivity contribution < 1.29 is 4.79 Å². The lowest BCUT2D eigenvalue weighted by molar-refractivity contribution is -0.115. The molecule has 0 aliphatic carbocycles. The third-order valence-electron chi connectivity index (χ3n) is 3.02. The smallest absolute Gasteiger partial charge is 0.232 e. The lowest BCUT2D eigenvalue weighted by Crippen LogP contribution is -2.15. The van der Waals surface area contributed by atoms with Gasteiger partial charge >= 0.3 is 0 Å². The van der Waals surface area contributed by atoms with E-state index in [1.807, 2.05) is 30.3 Å². The number of nitrogens with one attached hydrogen (secondary N) is 2. The zero-order valence-corrected chi connectivity index (χ0v) is 12.3. The molecule has 0 fully saturated rings. The summed E-state index contributed by atoms with van der Waals surface area (Å²) in [5.74, 6) is 0.929. The quantitative estimate of drug-likeness (QED) is 0.776. The number of aromatic amines is 1. The molecule has 110 valence electrons. The zero-order chi connectivity index (χ0) is 15.4. The standard InChI is InChI=1S/C16H13ClN4O/c17-12-6-8-13(9-7-12)18-15(22)10-14-19-16(21-20-14)11-4-2-1-3-5-11/h1-9H,10H2,(H,18,22)(H,19,20,21). The molecule has 0 atom stereocenters. The van der Waals surface area contributed by atoms with Crippen molar-refractivity contribution >= 4 is 23.2 Å².